The predicted octanol–water partition coefficient (Wildman–Crippen LogP) is 1.39. The van der Waals surface area contributed by atoms with Crippen LogP contribution < -0.4 is 4.74 Å². The van der Waals surface area contributed by atoms with Crippen LogP contribution in [0.3, 0.4) is 0 Å². The Balaban J connectivity index is 2.88. The van der Waals surface area contributed by atoms with E-state index < -0.39 is 4.92 Å². The van der Waals surface area contributed by atoms with E-state index in [1.165, 1.54) is 12.3 Å². The third kappa shape index (κ3) is 1.91. The third-order valence-electron chi connectivity index (χ3n) is 1.22. The van der Waals surface area contributed by atoms with Gasteiger partial charge in [-0.1, -0.05) is 0 Å². The van der Waals surface area contributed by atoms with E-state index in [4.69, 9.17) is 4.74 Å². The molecule has 0 aliphatic heterocycles. The molecule has 5 heteroatoms. The zero-order valence-electron chi connectivity index (χ0n) is 6.56. The fourth-order valence-electron chi connectivity index (χ4n) is 0.756. The van der Waals surface area contributed by atoms with Crippen LogP contribution >= 0.6 is 0 Å². The second-order valence-electron chi connectivity index (χ2n) is 2.04. The molecule has 1 aromatic heterocycles. The van der Waals surface area contributed by atoms with Gasteiger partial charge in [0, 0.05) is 6.07 Å². The Bertz CT molecular complexity index is 288. The van der Waals surface area contributed by atoms with Crippen molar-refractivity contribution < 1.29 is 9.66 Å². The van der Waals surface area contributed by atoms with Crippen LogP contribution in [0, 0.1) is 10.1 Å². The van der Waals surface area contributed by atoms with E-state index in [-0.39, 0.29) is 5.82 Å². The van der Waals surface area contributed by atoms with Gasteiger partial charge in [-0.15, -0.1) is 0 Å². The Morgan fingerprint density at radius 1 is 1.75 bits per heavy atom. The van der Waals surface area contributed by atoms with Gasteiger partial charge in [-0.2, -0.15) is 0 Å². The topological polar surface area (TPSA) is 65.3 Å². The van der Waals surface area contributed by atoms with E-state index in [0.717, 1.165) is 0 Å². The first kappa shape index (κ1) is 8.45. The van der Waals surface area contributed by atoms with Crippen LogP contribution in [0.25, 0.3) is 0 Å². The minimum absolute atomic E-state index is 0.194. The summed E-state index contributed by atoms with van der Waals surface area (Å²) in [6, 6.07) is 2.88. The van der Waals surface area contributed by atoms with Gasteiger partial charge >= 0.3 is 5.82 Å². The summed E-state index contributed by atoms with van der Waals surface area (Å²) < 4.78 is 5.05. The van der Waals surface area contributed by atoms with E-state index in [1.54, 1.807) is 6.07 Å². The molecule has 0 bridgehead atoms. The minimum atomic E-state index is -0.553. The monoisotopic (exact) mass is 168 g/mol. The lowest BCUT2D eigenvalue weighted by Crippen LogP contribution is -1.95. The lowest BCUT2D eigenvalue weighted by Gasteiger charge is -1.99. The van der Waals surface area contributed by atoms with Crippen LogP contribution in [0.15, 0.2) is 18.3 Å². The Labute approximate surface area is 69.1 Å². The van der Waals surface area contributed by atoms with Crippen LogP contribution in [0.4, 0.5) is 5.82 Å². The van der Waals surface area contributed by atoms with Gasteiger partial charge in [0.15, 0.2) is 0 Å². The first-order valence-corrected chi connectivity index (χ1v) is 3.47. The molecular formula is C7H8N2O3. The largest absolute Gasteiger partial charge is 0.493 e. The number of hydrogen-bond donors (Lipinski definition) is 0. The number of rotatable bonds is 3. The molecule has 1 rings (SSSR count). The first-order chi connectivity index (χ1) is 5.74. The van der Waals surface area contributed by atoms with Gasteiger partial charge in [0.25, 0.3) is 0 Å². The van der Waals surface area contributed by atoms with Gasteiger partial charge in [-0.25, -0.2) is 0 Å². The van der Waals surface area contributed by atoms with Gasteiger partial charge in [-0.05, 0) is 16.8 Å². The Kier molecular flexibility index (Phi) is 2.57. The summed E-state index contributed by atoms with van der Waals surface area (Å²) in [5, 5.41) is 10.2. The molecule has 0 saturated carbocycles. The van der Waals surface area contributed by atoms with E-state index in [2.05, 4.69) is 4.98 Å². The highest BCUT2D eigenvalue weighted by Gasteiger charge is 2.06. The zero-order valence-corrected chi connectivity index (χ0v) is 6.56. The molecule has 0 aromatic carbocycles. The van der Waals surface area contributed by atoms with Crippen LogP contribution in [0.2, 0.25) is 0 Å². The zero-order chi connectivity index (χ0) is 8.97. The minimum Gasteiger partial charge on any atom is -0.493 e. The first-order valence-electron chi connectivity index (χ1n) is 3.47. The van der Waals surface area contributed by atoms with Gasteiger partial charge < -0.3 is 14.9 Å². The van der Waals surface area contributed by atoms with Crippen molar-refractivity contribution in [2.45, 2.75) is 6.92 Å². The third-order valence-corrected chi connectivity index (χ3v) is 1.22. The maximum Gasteiger partial charge on any atom is 0.367 e. The summed E-state index contributed by atoms with van der Waals surface area (Å²) in [7, 11) is 0. The molecule has 0 aliphatic carbocycles. The molecule has 0 N–H and O–H groups in total. The van der Waals surface area contributed by atoms with Crippen LogP contribution in [0.5, 0.6) is 5.75 Å². The predicted molar refractivity (Wildman–Crippen MR) is 42.1 cm³/mol. The number of nitro groups is 1. The fraction of sp³-hybridized carbons (Fsp3) is 0.286. The highest BCUT2D eigenvalue weighted by atomic mass is 16.6. The maximum absolute atomic E-state index is 10.2. The Hall–Kier alpha value is -1.65. The smallest absolute Gasteiger partial charge is 0.367 e. The van der Waals surface area contributed by atoms with Crippen LogP contribution in [-0.4, -0.2) is 16.5 Å². The van der Waals surface area contributed by atoms with Crippen molar-refractivity contribution >= 4 is 5.82 Å². The molecule has 0 spiro atoms. The van der Waals surface area contributed by atoms with Crippen LogP contribution in [0.1, 0.15) is 6.92 Å². The number of hydrogen-bond acceptors (Lipinski definition) is 4. The normalized spacial score (nSPS) is 9.42. The molecule has 5 nitrogen and oxygen atoms in total. The molecule has 0 aliphatic rings. The molecule has 0 radical (unpaired) electrons. The molecule has 0 atom stereocenters. The molecule has 12 heavy (non-hydrogen) atoms. The van der Waals surface area contributed by atoms with Crippen LogP contribution in [-0.2, 0) is 0 Å². The Morgan fingerprint density at radius 2 is 2.50 bits per heavy atom. The second kappa shape index (κ2) is 3.66. The SMILES string of the molecule is CCOc1ccnc([N+](=O)[O-])c1. The summed E-state index contributed by atoms with van der Waals surface area (Å²) in [5.74, 6) is 0.278. The maximum atomic E-state index is 10.2. The molecule has 0 unspecified atom stereocenters. The lowest BCUT2D eigenvalue weighted by atomic mass is 10.4. The summed E-state index contributed by atoms with van der Waals surface area (Å²) in [6.45, 7) is 2.30. The molecule has 0 saturated heterocycles. The van der Waals surface area contributed by atoms with E-state index in [0.29, 0.717) is 12.4 Å². The quantitative estimate of drug-likeness (QED) is 0.505. The van der Waals surface area contributed by atoms with Crippen molar-refractivity contribution in [3.63, 3.8) is 0 Å². The number of aromatic nitrogens is 1. The Morgan fingerprint density at radius 3 is 3.08 bits per heavy atom. The van der Waals surface area contributed by atoms with Crippen molar-refractivity contribution in [1.82, 2.24) is 4.98 Å². The van der Waals surface area contributed by atoms with Gasteiger partial charge in [0.2, 0.25) is 0 Å². The average molecular weight is 168 g/mol. The highest BCUT2D eigenvalue weighted by Crippen LogP contribution is 2.15. The van der Waals surface area contributed by atoms with Gasteiger partial charge in [0.1, 0.15) is 11.9 Å². The summed E-state index contributed by atoms with van der Waals surface area (Å²) in [5.41, 5.74) is 0. The molecular weight excluding hydrogens is 160 g/mol. The highest BCUT2D eigenvalue weighted by molar-refractivity contribution is 5.30. The average Bonchev–Trinajstić information content (AvgIpc) is 2.05. The van der Waals surface area contributed by atoms with Gasteiger partial charge in [-0.3, -0.25) is 0 Å². The standard InChI is InChI=1S/C7H8N2O3/c1-2-12-6-3-4-8-7(5-6)9(10)11/h3-5H,2H2,1H3. The molecule has 1 aromatic rings. The van der Waals surface area contributed by atoms with Crippen molar-refractivity contribution in [2.24, 2.45) is 0 Å². The van der Waals surface area contributed by atoms with Crippen molar-refractivity contribution in [1.29, 1.82) is 0 Å². The summed E-state index contributed by atoms with van der Waals surface area (Å²) in [6.07, 6.45) is 1.35. The molecule has 1 heterocycles. The number of ether oxygens (including phenoxy) is 1. The van der Waals surface area contributed by atoms with Crippen molar-refractivity contribution in [3.8, 4) is 5.75 Å². The summed E-state index contributed by atoms with van der Waals surface area (Å²) >= 11 is 0. The fourth-order valence-corrected chi connectivity index (χ4v) is 0.756. The van der Waals surface area contributed by atoms with Gasteiger partial charge in [0.05, 0.1) is 12.7 Å². The van der Waals surface area contributed by atoms with Crippen molar-refractivity contribution in [2.75, 3.05) is 6.61 Å². The number of nitrogens with zero attached hydrogens (tertiary/aromatic N) is 2. The summed E-state index contributed by atoms with van der Waals surface area (Å²) in [4.78, 5) is 13.2. The molecule has 64 valence electrons. The molecule has 0 fully saturated rings. The van der Waals surface area contributed by atoms with E-state index in [9.17, 15) is 10.1 Å². The number of pyridine rings is 1. The van der Waals surface area contributed by atoms with Crippen molar-refractivity contribution in [3.05, 3.63) is 28.4 Å². The second-order valence-corrected chi connectivity index (χ2v) is 2.04. The van der Waals surface area contributed by atoms with E-state index >= 15 is 0 Å². The molecule has 0 amide bonds. The van der Waals surface area contributed by atoms with E-state index in [1.807, 2.05) is 6.92 Å². The lowest BCUT2D eigenvalue weighted by molar-refractivity contribution is -0.389.